The number of carbonyl (C=O) groups excluding carboxylic acids is 2. The number of likely N-dealkylation sites (tertiary alicyclic amines) is 1. The van der Waals surface area contributed by atoms with Gasteiger partial charge in [0.1, 0.15) is 0 Å². The molecule has 0 unspecified atom stereocenters. The van der Waals surface area contributed by atoms with Crippen LogP contribution < -0.4 is 5.32 Å². The molecule has 5 heteroatoms. The van der Waals surface area contributed by atoms with Crippen LogP contribution >= 0.6 is 0 Å². The first-order valence-electron chi connectivity index (χ1n) is 11.5. The summed E-state index contributed by atoms with van der Waals surface area (Å²) in [5.41, 5.74) is 6.24. The number of hydrogen-bond donors (Lipinski definition) is 2. The predicted octanol–water partition coefficient (Wildman–Crippen LogP) is 4.60. The highest BCUT2D eigenvalue weighted by molar-refractivity contribution is 5.99. The lowest BCUT2D eigenvalue weighted by Crippen LogP contribution is -2.35. The number of nitrogens with zero attached hydrogens (tertiary/aromatic N) is 1. The summed E-state index contributed by atoms with van der Waals surface area (Å²) in [6, 6.07) is 13.5. The summed E-state index contributed by atoms with van der Waals surface area (Å²) >= 11 is 0. The molecule has 0 spiro atoms. The summed E-state index contributed by atoms with van der Waals surface area (Å²) in [7, 11) is 0. The van der Waals surface area contributed by atoms with Crippen LogP contribution in [0.4, 0.5) is 0 Å². The van der Waals surface area contributed by atoms with Gasteiger partial charge in [0, 0.05) is 47.4 Å². The lowest BCUT2D eigenvalue weighted by molar-refractivity contribution is 0.0724. The maximum Gasteiger partial charge on any atom is 0.253 e. The Balaban J connectivity index is 1.23. The Morgan fingerprint density at radius 1 is 0.871 bits per heavy atom. The van der Waals surface area contributed by atoms with Gasteiger partial charge < -0.3 is 15.2 Å². The van der Waals surface area contributed by atoms with Gasteiger partial charge in [-0.25, -0.2) is 0 Å². The van der Waals surface area contributed by atoms with Crippen molar-refractivity contribution in [3.63, 3.8) is 0 Å². The Hall–Kier alpha value is -3.08. The van der Waals surface area contributed by atoms with Crippen LogP contribution in [-0.2, 0) is 19.4 Å². The zero-order chi connectivity index (χ0) is 21.2. The number of aryl methyl sites for hydroxylation is 2. The molecule has 1 fully saturated rings. The van der Waals surface area contributed by atoms with E-state index in [1.54, 1.807) is 0 Å². The van der Waals surface area contributed by atoms with Crippen molar-refractivity contribution in [2.75, 3.05) is 13.1 Å². The molecule has 5 nitrogen and oxygen atoms in total. The van der Waals surface area contributed by atoms with Crippen molar-refractivity contribution in [2.45, 2.75) is 51.5 Å². The van der Waals surface area contributed by atoms with Crippen molar-refractivity contribution in [3.8, 4) is 0 Å². The maximum atomic E-state index is 12.8. The van der Waals surface area contributed by atoms with E-state index in [1.165, 1.54) is 35.9 Å². The molecule has 1 aliphatic carbocycles. The fraction of sp³-hybridized carbons (Fsp3) is 0.385. The molecule has 31 heavy (non-hydrogen) atoms. The highest BCUT2D eigenvalue weighted by atomic mass is 16.2. The van der Waals surface area contributed by atoms with E-state index in [4.69, 9.17) is 0 Å². The van der Waals surface area contributed by atoms with Crippen LogP contribution in [0.2, 0.25) is 0 Å². The molecule has 160 valence electrons. The molecule has 0 bridgehead atoms. The molecule has 0 radical (unpaired) electrons. The lowest BCUT2D eigenvalue weighted by atomic mass is 9.95. The normalized spacial score (nSPS) is 16.2. The van der Waals surface area contributed by atoms with E-state index in [1.807, 2.05) is 47.4 Å². The monoisotopic (exact) mass is 415 g/mol. The van der Waals surface area contributed by atoms with Crippen LogP contribution in [-0.4, -0.2) is 34.8 Å². The summed E-state index contributed by atoms with van der Waals surface area (Å²) in [6.07, 6.45) is 8.02. The summed E-state index contributed by atoms with van der Waals surface area (Å²) < 4.78 is 0. The Morgan fingerprint density at radius 3 is 2.42 bits per heavy atom. The largest absolute Gasteiger partial charge is 0.358 e. The number of aromatic amines is 1. The van der Waals surface area contributed by atoms with Crippen LogP contribution in [0.5, 0.6) is 0 Å². The third-order valence-electron chi connectivity index (χ3n) is 6.66. The van der Waals surface area contributed by atoms with Gasteiger partial charge in [0.2, 0.25) is 0 Å². The number of H-pyrrole nitrogens is 1. The second-order valence-corrected chi connectivity index (χ2v) is 8.78. The first-order chi connectivity index (χ1) is 15.2. The number of nitrogens with one attached hydrogen (secondary N) is 2. The highest BCUT2D eigenvalue weighted by Crippen LogP contribution is 2.29. The average molecular weight is 416 g/mol. The maximum absolute atomic E-state index is 12.8. The molecule has 0 saturated carbocycles. The van der Waals surface area contributed by atoms with E-state index in [-0.39, 0.29) is 11.8 Å². The summed E-state index contributed by atoms with van der Waals surface area (Å²) in [4.78, 5) is 30.8. The van der Waals surface area contributed by atoms with Crippen molar-refractivity contribution in [1.29, 1.82) is 0 Å². The lowest BCUT2D eigenvalue weighted by Gasteiger charge is -2.26. The Kier molecular flexibility index (Phi) is 5.49. The van der Waals surface area contributed by atoms with Gasteiger partial charge in [-0.05, 0) is 86.4 Å². The Morgan fingerprint density at radius 2 is 1.61 bits per heavy atom. The molecule has 1 saturated heterocycles. The van der Waals surface area contributed by atoms with E-state index in [0.29, 0.717) is 12.1 Å². The molecule has 1 aliphatic heterocycles. The fourth-order valence-electron chi connectivity index (χ4n) is 4.88. The van der Waals surface area contributed by atoms with E-state index in [2.05, 4.69) is 10.3 Å². The average Bonchev–Trinajstić information content (AvgIpc) is 3.21. The molecule has 1 aromatic heterocycles. The molecule has 2 aromatic carbocycles. The molecular formula is C26H29N3O2. The van der Waals surface area contributed by atoms with E-state index >= 15 is 0 Å². The minimum atomic E-state index is -0.0684. The SMILES string of the molecule is O=C(NCc1ccc(C(=O)N2CCCCC2)cc1)c1ccc2[nH]c3c(c2c1)CCCC3. The van der Waals surface area contributed by atoms with Gasteiger partial charge in [0.05, 0.1) is 0 Å². The Bertz CT molecular complexity index is 1110. The topological polar surface area (TPSA) is 65.2 Å². The van der Waals surface area contributed by atoms with Crippen molar-refractivity contribution < 1.29 is 9.59 Å². The molecule has 2 N–H and O–H groups in total. The van der Waals surface area contributed by atoms with E-state index in [0.717, 1.165) is 55.4 Å². The quantitative estimate of drug-likeness (QED) is 0.654. The van der Waals surface area contributed by atoms with Crippen molar-refractivity contribution in [2.24, 2.45) is 0 Å². The van der Waals surface area contributed by atoms with Gasteiger partial charge in [-0.2, -0.15) is 0 Å². The predicted molar refractivity (Wildman–Crippen MR) is 122 cm³/mol. The minimum absolute atomic E-state index is 0.0684. The van der Waals surface area contributed by atoms with Gasteiger partial charge >= 0.3 is 0 Å². The van der Waals surface area contributed by atoms with Crippen LogP contribution in [0.1, 0.15) is 69.6 Å². The number of benzene rings is 2. The van der Waals surface area contributed by atoms with Gasteiger partial charge in [-0.3, -0.25) is 9.59 Å². The van der Waals surface area contributed by atoms with Gasteiger partial charge in [-0.1, -0.05) is 12.1 Å². The summed E-state index contributed by atoms with van der Waals surface area (Å²) in [5, 5.41) is 4.20. The minimum Gasteiger partial charge on any atom is -0.358 e. The van der Waals surface area contributed by atoms with Crippen LogP contribution in [0.15, 0.2) is 42.5 Å². The van der Waals surface area contributed by atoms with Crippen LogP contribution in [0.25, 0.3) is 10.9 Å². The van der Waals surface area contributed by atoms with Crippen molar-refractivity contribution >= 4 is 22.7 Å². The molecule has 5 rings (SSSR count). The van der Waals surface area contributed by atoms with Crippen molar-refractivity contribution in [1.82, 2.24) is 15.2 Å². The van der Waals surface area contributed by atoms with Crippen LogP contribution in [0.3, 0.4) is 0 Å². The molecule has 2 amide bonds. The first-order valence-corrected chi connectivity index (χ1v) is 11.5. The molecular weight excluding hydrogens is 386 g/mol. The highest BCUT2D eigenvalue weighted by Gasteiger charge is 2.19. The second kappa shape index (κ2) is 8.58. The number of fused-ring (bicyclic) bond motifs is 3. The van der Waals surface area contributed by atoms with Crippen molar-refractivity contribution in [3.05, 3.63) is 70.4 Å². The standard InChI is InChI=1S/C26H29N3O2/c30-25(20-12-13-24-22(16-20)21-6-2-3-7-23(21)28-24)27-17-18-8-10-19(11-9-18)26(31)29-14-4-1-5-15-29/h8-13,16,28H,1-7,14-15,17H2,(H,27,30). The zero-order valence-electron chi connectivity index (χ0n) is 17.9. The van der Waals surface area contributed by atoms with Gasteiger partial charge in [0.25, 0.3) is 11.8 Å². The third kappa shape index (κ3) is 4.09. The molecule has 2 aliphatic rings. The number of rotatable bonds is 4. The van der Waals surface area contributed by atoms with Gasteiger partial charge in [0.15, 0.2) is 0 Å². The zero-order valence-corrected chi connectivity index (χ0v) is 17.9. The number of aromatic nitrogens is 1. The second-order valence-electron chi connectivity index (χ2n) is 8.78. The Labute approximate surface area is 182 Å². The molecule has 0 atom stereocenters. The number of amides is 2. The first kappa shape index (κ1) is 19.9. The number of carbonyl (C=O) groups is 2. The fourth-order valence-corrected chi connectivity index (χ4v) is 4.88. The summed E-state index contributed by atoms with van der Waals surface area (Å²) in [6.45, 7) is 2.15. The van der Waals surface area contributed by atoms with Gasteiger partial charge in [-0.15, -0.1) is 0 Å². The van der Waals surface area contributed by atoms with Crippen LogP contribution in [0, 0.1) is 0 Å². The molecule has 2 heterocycles. The molecule has 3 aromatic rings. The third-order valence-corrected chi connectivity index (χ3v) is 6.66. The number of hydrogen-bond acceptors (Lipinski definition) is 2. The number of piperidine rings is 1. The summed E-state index contributed by atoms with van der Waals surface area (Å²) in [5.74, 6) is 0.0413. The van der Waals surface area contributed by atoms with E-state index < -0.39 is 0 Å². The van der Waals surface area contributed by atoms with E-state index in [9.17, 15) is 9.59 Å². The smallest absolute Gasteiger partial charge is 0.253 e.